The number of aliphatic hydroxyl groups excluding tert-OH is 1. The van der Waals surface area contributed by atoms with Crippen molar-refractivity contribution in [1.82, 2.24) is 9.80 Å². The molecule has 0 radical (unpaired) electrons. The number of hydrogen-bond donors (Lipinski definition) is 1. The van der Waals surface area contributed by atoms with Gasteiger partial charge >= 0.3 is 5.97 Å². The number of cyclic esters (lactones) is 1. The maximum atomic E-state index is 14.8. The number of ether oxygens (including phenoxy) is 2. The molecule has 0 saturated carbocycles. The predicted octanol–water partition coefficient (Wildman–Crippen LogP) is 4.26. The van der Waals surface area contributed by atoms with E-state index >= 15 is 0 Å². The number of aliphatic hydroxyl groups is 1. The van der Waals surface area contributed by atoms with E-state index in [0.29, 0.717) is 6.54 Å². The highest BCUT2D eigenvalue weighted by atomic mass is 16.6. The summed E-state index contributed by atoms with van der Waals surface area (Å²) in [7, 11) is 0. The molecule has 4 aliphatic rings. The first-order valence-corrected chi connectivity index (χ1v) is 15.1. The van der Waals surface area contributed by atoms with Crippen molar-refractivity contribution in [3.8, 4) is 0 Å². The minimum Gasteiger partial charge on any atom is -0.465 e. The maximum absolute atomic E-state index is 14.8. The minimum atomic E-state index is -1.36. The van der Waals surface area contributed by atoms with E-state index < -0.39 is 46.6 Å². The summed E-state index contributed by atoms with van der Waals surface area (Å²) in [5.41, 5.74) is -3.03. The molecule has 1 N–H and O–H groups in total. The average Bonchev–Trinajstić information content (AvgIpc) is 3.17. The fourth-order valence-electron chi connectivity index (χ4n) is 7.85. The molecule has 0 bridgehead atoms. The molecular formula is C32H50N2O6. The van der Waals surface area contributed by atoms with Gasteiger partial charge in [0.15, 0.2) is 0 Å². The number of carbonyl (C=O) groups is 3. The Bertz CT molecular complexity index is 1060. The van der Waals surface area contributed by atoms with E-state index in [2.05, 4.69) is 34.6 Å². The molecule has 40 heavy (non-hydrogen) atoms. The first-order valence-electron chi connectivity index (χ1n) is 15.1. The highest BCUT2D eigenvalue weighted by Gasteiger charge is 2.75. The van der Waals surface area contributed by atoms with Gasteiger partial charge in [0, 0.05) is 12.1 Å². The molecule has 2 amide bonds. The van der Waals surface area contributed by atoms with Gasteiger partial charge in [0.2, 0.25) is 11.8 Å². The summed E-state index contributed by atoms with van der Waals surface area (Å²) in [6.07, 6.45) is 11.6. The third kappa shape index (κ3) is 5.15. The lowest BCUT2D eigenvalue weighted by Crippen LogP contribution is -2.62. The summed E-state index contributed by atoms with van der Waals surface area (Å²) in [5, 5.41) is 10.6. The van der Waals surface area contributed by atoms with Gasteiger partial charge in [0.1, 0.15) is 17.6 Å². The standard InChI is InChI=1S/C32H50N2O6/c1-9-21(2)22(19-35)34-25-27(37)33(30(6,7)20-29(3,4)5)17-14-16-32(25)23(26(34)36)24-28(38)39-18-13-11-10-12-15-31(24,8)40-32/h12,14-16,21-25,35H,9-11,13,17-20H2,1-8H3/b15-12-/t21-,22-,23-,24+,25?,31-,32-/m0/s1. The molecule has 2 saturated heterocycles. The molecule has 0 aromatic heterocycles. The number of allylic oxidation sites excluding steroid dienone is 1. The molecule has 0 aliphatic carbocycles. The Kier molecular flexibility index (Phi) is 8.38. The van der Waals surface area contributed by atoms with Crippen LogP contribution in [0.3, 0.4) is 0 Å². The molecule has 0 aromatic rings. The van der Waals surface area contributed by atoms with Crippen LogP contribution in [0.1, 0.15) is 87.5 Å². The van der Waals surface area contributed by atoms with Crippen molar-refractivity contribution < 1.29 is 29.0 Å². The van der Waals surface area contributed by atoms with E-state index in [1.165, 1.54) is 0 Å². The van der Waals surface area contributed by atoms with Crippen LogP contribution in [0.4, 0.5) is 0 Å². The van der Waals surface area contributed by atoms with Crippen molar-refractivity contribution in [3.63, 3.8) is 0 Å². The van der Waals surface area contributed by atoms with Crippen LogP contribution in [0.2, 0.25) is 0 Å². The number of amides is 2. The molecule has 1 unspecified atom stereocenters. The van der Waals surface area contributed by atoms with Crippen molar-refractivity contribution in [2.75, 3.05) is 19.8 Å². The number of carbonyl (C=O) groups excluding carboxylic acids is 3. The van der Waals surface area contributed by atoms with Crippen LogP contribution in [-0.2, 0) is 23.9 Å². The molecule has 8 heteroatoms. The van der Waals surface area contributed by atoms with E-state index in [4.69, 9.17) is 9.47 Å². The van der Waals surface area contributed by atoms with Crippen LogP contribution in [-0.4, -0.2) is 81.3 Å². The monoisotopic (exact) mass is 558 g/mol. The first kappa shape index (κ1) is 30.8. The van der Waals surface area contributed by atoms with Crippen molar-refractivity contribution in [2.45, 2.75) is 116 Å². The van der Waals surface area contributed by atoms with Crippen LogP contribution < -0.4 is 0 Å². The Morgan fingerprint density at radius 1 is 1.05 bits per heavy atom. The Balaban J connectivity index is 1.91. The SMILES string of the molecule is CC[C@H](C)[C@H](CO)N1C(=O)[C@@H]2[C@@H]3C(=O)OCCCC/C=C\[C@]3(C)O[C@@]23C=CCN(C(C)(C)CC(C)(C)C)C(=O)C13. The lowest BCUT2D eigenvalue weighted by atomic mass is 9.74. The summed E-state index contributed by atoms with van der Waals surface area (Å²) < 4.78 is 12.6. The number of likely N-dealkylation sites (tertiary alicyclic amines) is 1. The zero-order chi connectivity index (χ0) is 29.7. The molecule has 4 aliphatic heterocycles. The Morgan fingerprint density at radius 2 is 1.75 bits per heavy atom. The highest BCUT2D eigenvalue weighted by Crippen LogP contribution is 2.58. The maximum Gasteiger partial charge on any atom is 0.313 e. The second-order valence-electron chi connectivity index (χ2n) is 14.3. The lowest BCUT2D eigenvalue weighted by molar-refractivity contribution is -0.164. The second kappa shape index (κ2) is 10.9. The average molecular weight is 559 g/mol. The van der Waals surface area contributed by atoms with Gasteiger partial charge in [-0.3, -0.25) is 14.4 Å². The lowest BCUT2D eigenvalue weighted by Gasteiger charge is -2.46. The molecule has 8 nitrogen and oxygen atoms in total. The van der Waals surface area contributed by atoms with Crippen LogP contribution in [0.25, 0.3) is 0 Å². The Hall–Kier alpha value is -2.19. The number of hydrogen-bond acceptors (Lipinski definition) is 6. The fraction of sp³-hybridized carbons (Fsp3) is 0.781. The normalized spacial score (nSPS) is 35.4. The molecule has 4 rings (SSSR count). The van der Waals surface area contributed by atoms with Crippen LogP contribution in [0, 0.1) is 23.2 Å². The van der Waals surface area contributed by atoms with E-state index in [1.54, 1.807) is 4.90 Å². The van der Waals surface area contributed by atoms with E-state index in [0.717, 1.165) is 32.1 Å². The highest BCUT2D eigenvalue weighted by molar-refractivity contribution is 5.99. The van der Waals surface area contributed by atoms with Gasteiger partial charge in [-0.25, -0.2) is 0 Å². The summed E-state index contributed by atoms with van der Waals surface area (Å²) in [6.45, 7) is 16.8. The van der Waals surface area contributed by atoms with Crippen molar-refractivity contribution in [2.24, 2.45) is 23.2 Å². The van der Waals surface area contributed by atoms with Crippen molar-refractivity contribution in [1.29, 1.82) is 0 Å². The summed E-state index contributed by atoms with van der Waals surface area (Å²) in [5.74, 6) is -2.92. The van der Waals surface area contributed by atoms with Gasteiger partial charge in [0.25, 0.3) is 0 Å². The third-order valence-corrected chi connectivity index (χ3v) is 9.48. The summed E-state index contributed by atoms with van der Waals surface area (Å²) >= 11 is 0. The van der Waals surface area contributed by atoms with Gasteiger partial charge in [-0.15, -0.1) is 0 Å². The molecule has 7 atom stereocenters. The molecule has 1 spiro atoms. The molecule has 4 heterocycles. The van der Waals surface area contributed by atoms with Gasteiger partial charge in [-0.2, -0.15) is 0 Å². The van der Waals surface area contributed by atoms with E-state index in [9.17, 15) is 19.5 Å². The number of rotatable bonds is 6. The van der Waals surface area contributed by atoms with Gasteiger partial charge < -0.3 is 24.4 Å². The zero-order valence-corrected chi connectivity index (χ0v) is 25.7. The molecule has 0 aromatic carbocycles. The summed E-state index contributed by atoms with van der Waals surface area (Å²) in [4.78, 5) is 46.5. The van der Waals surface area contributed by atoms with E-state index in [-0.39, 0.29) is 36.4 Å². The molecular weight excluding hydrogens is 508 g/mol. The Morgan fingerprint density at radius 3 is 2.38 bits per heavy atom. The minimum absolute atomic E-state index is 0.0378. The largest absolute Gasteiger partial charge is 0.465 e. The molecule has 2 fully saturated rings. The van der Waals surface area contributed by atoms with Crippen LogP contribution in [0.5, 0.6) is 0 Å². The van der Waals surface area contributed by atoms with Crippen LogP contribution >= 0.6 is 0 Å². The van der Waals surface area contributed by atoms with Gasteiger partial charge in [-0.1, -0.05) is 65.3 Å². The number of esters is 1. The topological polar surface area (TPSA) is 96.4 Å². The van der Waals surface area contributed by atoms with Crippen LogP contribution in [0.15, 0.2) is 24.3 Å². The van der Waals surface area contributed by atoms with Crippen molar-refractivity contribution in [3.05, 3.63) is 24.3 Å². The molecule has 224 valence electrons. The van der Waals surface area contributed by atoms with Crippen molar-refractivity contribution >= 4 is 17.8 Å². The number of fused-ring (bicyclic) bond motifs is 2. The first-order chi connectivity index (χ1) is 18.6. The van der Waals surface area contributed by atoms with Gasteiger partial charge in [-0.05, 0) is 57.8 Å². The summed E-state index contributed by atoms with van der Waals surface area (Å²) in [6, 6.07) is -1.60. The zero-order valence-electron chi connectivity index (χ0n) is 25.7. The number of nitrogens with zero attached hydrogens (tertiary/aromatic N) is 2. The second-order valence-corrected chi connectivity index (χ2v) is 14.3. The smallest absolute Gasteiger partial charge is 0.313 e. The predicted molar refractivity (Wildman–Crippen MR) is 153 cm³/mol. The Labute approximate surface area is 240 Å². The quantitative estimate of drug-likeness (QED) is 0.387. The fourth-order valence-corrected chi connectivity index (χ4v) is 7.85. The van der Waals surface area contributed by atoms with Gasteiger partial charge in [0.05, 0.1) is 30.8 Å². The third-order valence-electron chi connectivity index (χ3n) is 9.48. The van der Waals surface area contributed by atoms with E-state index in [1.807, 2.05) is 50.0 Å².